The van der Waals surface area contributed by atoms with Crippen LogP contribution >= 0.6 is 11.6 Å². The van der Waals surface area contributed by atoms with E-state index in [0.717, 1.165) is 0 Å². The molecule has 0 spiro atoms. The largest absolute Gasteiger partial charge is 0.272 e. The SMILES string of the molecule is O=[N+]([O-])c1ccccc1CC(Cl)c1cccc(F)c1. The third-order valence-electron chi connectivity index (χ3n) is 2.80. The van der Waals surface area contributed by atoms with E-state index in [-0.39, 0.29) is 17.9 Å². The molecule has 0 aliphatic carbocycles. The predicted octanol–water partition coefficient (Wildman–Crippen LogP) is 4.26. The fourth-order valence-electron chi connectivity index (χ4n) is 1.87. The normalized spacial score (nSPS) is 12.1. The molecule has 0 aliphatic rings. The predicted molar refractivity (Wildman–Crippen MR) is 71.8 cm³/mol. The minimum Gasteiger partial charge on any atom is -0.258 e. The number of nitrogens with zero attached hydrogens (tertiary/aromatic N) is 1. The van der Waals surface area contributed by atoms with Gasteiger partial charge in [-0.25, -0.2) is 4.39 Å². The second-order valence-electron chi connectivity index (χ2n) is 4.11. The van der Waals surface area contributed by atoms with E-state index in [1.165, 1.54) is 18.2 Å². The summed E-state index contributed by atoms with van der Waals surface area (Å²) in [5.74, 6) is -0.370. The van der Waals surface area contributed by atoms with Crippen molar-refractivity contribution in [2.24, 2.45) is 0 Å². The summed E-state index contributed by atoms with van der Waals surface area (Å²) in [6.45, 7) is 0. The smallest absolute Gasteiger partial charge is 0.258 e. The lowest BCUT2D eigenvalue weighted by atomic mass is 10.0. The first-order valence-corrected chi connectivity index (χ1v) is 6.13. The van der Waals surface area contributed by atoms with Crippen LogP contribution in [-0.2, 0) is 6.42 Å². The summed E-state index contributed by atoms with van der Waals surface area (Å²) in [7, 11) is 0. The van der Waals surface area contributed by atoms with E-state index in [1.54, 1.807) is 30.3 Å². The number of alkyl halides is 1. The number of hydrogen-bond donors (Lipinski definition) is 0. The van der Waals surface area contributed by atoms with Crippen molar-refractivity contribution in [3.05, 3.63) is 75.6 Å². The molecule has 2 aromatic rings. The zero-order valence-corrected chi connectivity index (χ0v) is 10.7. The molecule has 98 valence electrons. The van der Waals surface area contributed by atoms with Crippen LogP contribution < -0.4 is 0 Å². The summed E-state index contributed by atoms with van der Waals surface area (Å²) in [4.78, 5) is 10.5. The van der Waals surface area contributed by atoms with Gasteiger partial charge in [0.2, 0.25) is 0 Å². The summed E-state index contributed by atoms with van der Waals surface area (Å²) >= 11 is 6.20. The van der Waals surface area contributed by atoms with E-state index in [9.17, 15) is 14.5 Å². The van der Waals surface area contributed by atoms with E-state index in [4.69, 9.17) is 11.6 Å². The average molecular weight is 280 g/mol. The van der Waals surface area contributed by atoms with E-state index in [1.807, 2.05) is 0 Å². The molecule has 3 nitrogen and oxygen atoms in total. The maximum absolute atomic E-state index is 13.1. The first-order valence-electron chi connectivity index (χ1n) is 5.70. The first kappa shape index (κ1) is 13.5. The number of nitro benzene ring substituents is 1. The summed E-state index contributed by atoms with van der Waals surface area (Å²) in [5.41, 5.74) is 1.18. The second-order valence-corrected chi connectivity index (χ2v) is 4.64. The lowest BCUT2D eigenvalue weighted by Crippen LogP contribution is -2.00. The number of nitro groups is 1. The molecular formula is C14H11ClFNO2. The maximum atomic E-state index is 13.1. The van der Waals surface area contributed by atoms with Crippen LogP contribution in [0.2, 0.25) is 0 Å². The van der Waals surface area contributed by atoms with Crippen molar-refractivity contribution in [3.8, 4) is 0 Å². The molecule has 5 heteroatoms. The third-order valence-corrected chi connectivity index (χ3v) is 3.20. The second kappa shape index (κ2) is 5.80. The lowest BCUT2D eigenvalue weighted by Gasteiger charge is -2.10. The van der Waals surface area contributed by atoms with Crippen molar-refractivity contribution in [3.63, 3.8) is 0 Å². The highest BCUT2D eigenvalue weighted by molar-refractivity contribution is 6.20. The van der Waals surface area contributed by atoms with Crippen LogP contribution in [0, 0.1) is 15.9 Å². The number of hydrogen-bond acceptors (Lipinski definition) is 2. The molecule has 0 fully saturated rings. The number of rotatable bonds is 4. The summed E-state index contributed by atoms with van der Waals surface area (Å²) in [6, 6.07) is 12.4. The Bertz CT molecular complexity index is 604. The fraction of sp³-hybridized carbons (Fsp3) is 0.143. The molecule has 2 rings (SSSR count). The van der Waals surface area contributed by atoms with Crippen molar-refractivity contribution in [1.82, 2.24) is 0 Å². The summed E-state index contributed by atoms with van der Waals surface area (Å²) in [5, 5.41) is 10.4. The van der Waals surface area contributed by atoms with Gasteiger partial charge in [0.15, 0.2) is 0 Å². The fourth-order valence-corrected chi connectivity index (χ4v) is 2.18. The highest BCUT2D eigenvalue weighted by Gasteiger charge is 2.17. The minimum atomic E-state index is -0.503. The molecule has 0 aliphatic heterocycles. The lowest BCUT2D eigenvalue weighted by molar-refractivity contribution is -0.385. The van der Waals surface area contributed by atoms with Gasteiger partial charge in [0.1, 0.15) is 5.82 Å². The van der Waals surface area contributed by atoms with Gasteiger partial charge in [0.05, 0.1) is 10.3 Å². The van der Waals surface area contributed by atoms with Gasteiger partial charge in [-0.1, -0.05) is 30.3 Å². The molecule has 0 N–H and O–H groups in total. The molecule has 0 heterocycles. The molecule has 2 aromatic carbocycles. The Morgan fingerprint density at radius 2 is 1.95 bits per heavy atom. The Morgan fingerprint density at radius 1 is 1.21 bits per heavy atom. The van der Waals surface area contributed by atoms with Gasteiger partial charge >= 0.3 is 0 Å². The van der Waals surface area contributed by atoms with Crippen LogP contribution in [0.5, 0.6) is 0 Å². The molecule has 0 saturated heterocycles. The Kier molecular flexibility index (Phi) is 4.12. The molecule has 0 radical (unpaired) electrons. The van der Waals surface area contributed by atoms with Gasteiger partial charge in [0, 0.05) is 11.6 Å². The van der Waals surface area contributed by atoms with E-state index < -0.39 is 10.3 Å². The Labute approximate surface area is 114 Å². The monoisotopic (exact) mass is 279 g/mol. The van der Waals surface area contributed by atoms with Crippen LogP contribution in [0.15, 0.2) is 48.5 Å². The van der Waals surface area contributed by atoms with Gasteiger partial charge in [0.25, 0.3) is 5.69 Å². The van der Waals surface area contributed by atoms with Crippen LogP contribution in [0.1, 0.15) is 16.5 Å². The van der Waals surface area contributed by atoms with Crippen molar-refractivity contribution in [1.29, 1.82) is 0 Å². The number of halogens is 2. The first-order chi connectivity index (χ1) is 9.08. The molecule has 0 aromatic heterocycles. The Morgan fingerprint density at radius 3 is 2.63 bits per heavy atom. The third kappa shape index (κ3) is 3.29. The van der Waals surface area contributed by atoms with Crippen molar-refractivity contribution < 1.29 is 9.31 Å². The van der Waals surface area contributed by atoms with Gasteiger partial charge in [-0.15, -0.1) is 11.6 Å². The van der Waals surface area contributed by atoms with Crippen LogP contribution in [-0.4, -0.2) is 4.92 Å². The van der Waals surface area contributed by atoms with Crippen LogP contribution in [0.4, 0.5) is 10.1 Å². The molecule has 1 unspecified atom stereocenters. The van der Waals surface area contributed by atoms with E-state index in [2.05, 4.69) is 0 Å². The minimum absolute atomic E-state index is 0.0320. The molecule has 19 heavy (non-hydrogen) atoms. The van der Waals surface area contributed by atoms with Crippen molar-refractivity contribution in [2.75, 3.05) is 0 Å². The molecular weight excluding hydrogens is 269 g/mol. The maximum Gasteiger partial charge on any atom is 0.272 e. The number of para-hydroxylation sites is 1. The number of benzene rings is 2. The summed E-state index contributed by atoms with van der Waals surface area (Å²) in [6.07, 6.45) is 0.280. The van der Waals surface area contributed by atoms with Gasteiger partial charge < -0.3 is 0 Å². The van der Waals surface area contributed by atoms with E-state index in [0.29, 0.717) is 11.1 Å². The zero-order valence-electron chi connectivity index (χ0n) is 9.92. The standard InChI is InChI=1S/C14H11ClFNO2/c15-13(10-5-3-6-12(16)8-10)9-11-4-1-2-7-14(11)17(18)19/h1-8,13H,9H2. The zero-order chi connectivity index (χ0) is 13.8. The van der Waals surface area contributed by atoms with Crippen molar-refractivity contribution >= 4 is 17.3 Å². The van der Waals surface area contributed by atoms with Crippen molar-refractivity contribution in [2.45, 2.75) is 11.8 Å². The molecule has 0 amide bonds. The quantitative estimate of drug-likeness (QED) is 0.477. The Balaban J connectivity index is 2.24. The average Bonchev–Trinajstić information content (AvgIpc) is 2.39. The Hall–Kier alpha value is -1.94. The van der Waals surface area contributed by atoms with Crippen LogP contribution in [0.3, 0.4) is 0 Å². The summed E-state index contributed by atoms with van der Waals surface area (Å²) < 4.78 is 13.1. The highest BCUT2D eigenvalue weighted by Crippen LogP contribution is 2.29. The van der Waals surface area contributed by atoms with E-state index >= 15 is 0 Å². The van der Waals surface area contributed by atoms with Crippen LogP contribution in [0.25, 0.3) is 0 Å². The van der Waals surface area contributed by atoms with Gasteiger partial charge in [-0.2, -0.15) is 0 Å². The highest BCUT2D eigenvalue weighted by atomic mass is 35.5. The van der Waals surface area contributed by atoms with Gasteiger partial charge in [-0.05, 0) is 24.1 Å². The molecule has 1 atom stereocenters. The molecule has 0 bridgehead atoms. The topological polar surface area (TPSA) is 43.1 Å². The molecule has 0 saturated carbocycles. The van der Waals surface area contributed by atoms with Gasteiger partial charge in [-0.3, -0.25) is 10.1 Å².